The molecule has 68 valence electrons. The molecular formula is C8H9N3O2. The number of H-pyrrole nitrogens is 1. The van der Waals surface area contributed by atoms with Gasteiger partial charge in [0.25, 0.3) is 0 Å². The van der Waals surface area contributed by atoms with Gasteiger partial charge in [0.1, 0.15) is 5.82 Å². The Balaban J connectivity index is 2.65. The minimum atomic E-state index is -0.412. The predicted molar refractivity (Wildman–Crippen MR) is 48.2 cm³/mol. The lowest BCUT2D eigenvalue weighted by molar-refractivity contribution is 0.343. The molecule has 0 fully saturated rings. The van der Waals surface area contributed by atoms with Gasteiger partial charge in [-0.3, -0.25) is 4.98 Å². The third-order valence-electron chi connectivity index (χ3n) is 1.19. The summed E-state index contributed by atoms with van der Waals surface area (Å²) >= 11 is 0. The van der Waals surface area contributed by atoms with Gasteiger partial charge in [0, 0.05) is 12.4 Å². The van der Waals surface area contributed by atoms with Crippen LogP contribution in [0.1, 0.15) is 0 Å². The molecular weight excluding hydrogens is 170 g/mol. The van der Waals surface area contributed by atoms with E-state index in [1.807, 2.05) is 0 Å². The predicted octanol–water partition coefficient (Wildman–Crippen LogP) is -0.157. The van der Waals surface area contributed by atoms with Crippen molar-refractivity contribution in [3.8, 4) is 0 Å². The molecule has 1 rings (SSSR count). The molecule has 3 N–H and O–H groups in total. The van der Waals surface area contributed by atoms with Crippen LogP contribution in [-0.2, 0) is 0 Å². The molecule has 5 heteroatoms. The summed E-state index contributed by atoms with van der Waals surface area (Å²) in [7, 11) is 0. The first kappa shape index (κ1) is 9.25. The third-order valence-corrected chi connectivity index (χ3v) is 1.19. The average molecular weight is 179 g/mol. The fourth-order valence-electron chi connectivity index (χ4n) is 0.684. The minimum absolute atomic E-state index is 0.0644. The highest BCUT2D eigenvalue weighted by Crippen LogP contribution is 1.93. The molecule has 0 aliphatic carbocycles. The molecule has 1 heterocycles. The van der Waals surface area contributed by atoms with Crippen molar-refractivity contribution >= 4 is 5.82 Å². The monoisotopic (exact) mass is 179 g/mol. The second-order valence-corrected chi connectivity index (χ2v) is 2.13. The largest absolute Gasteiger partial charge is 0.392 e. The Kier molecular flexibility index (Phi) is 3.50. The van der Waals surface area contributed by atoms with Crippen LogP contribution in [0, 0.1) is 0 Å². The number of hydrogen-bond acceptors (Lipinski definition) is 4. The minimum Gasteiger partial charge on any atom is -0.392 e. The molecule has 0 aliphatic heterocycles. The zero-order valence-corrected chi connectivity index (χ0v) is 6.82. The highest BCUT2D eigenvalue weighted by atomic mass is 16.2. The van der Waals surface area contributed by atoms with Crippen LogP contribution >= 0.6 is 0 Å². The lowest BCUT2D eigenvalue weighted by Gasteiger charge is -1.95. The lowest BCUT2D eigenvalue weighted by Crippen LogP contribution is -2.10. The van der Waals surface area contributed by atoms with Gasteiger partial charge in [0.15, 0.2) is 0 Å². The van der Waals surface area contributed by atoms with E-state index in [2.05, 4.69) is 21.0 Å². The maximum Gasteiger partial charge on any atom is 0.346 e. The van der Waals surface area contributed by atoms with Gasteiger partial charge in [-0.15, -0.1) is 5.73 Å². The van der Waals surface area contributed by atoms with Gasteiger partial charge in [-0.2, -0.15) is 0 Å². The summed E-state index contributed by atoms with van der Waals surface area (Å²) in [6.07, 6.45) is 4.30. The summed E-state index contributed by atoms with van der Waals surface area (Å²) < 4.78 is 0. The average Bonchev–Trinajstić information content (AvgIpc) is 2.13. The zero-order chi connectivity index (χ0) is 9.52. The van der Waals surface area contributed by atoms with Crippen molar-refractivity contribution < 1.29 is 5.11 Å². The summed E-state index contributed by atoms with van der Waals surface area (Å²) in [4.78, 5) is 16.6. The maximum atomic E-state index is 10.7. The van der Waals surface area contributed by atoms with Crippen LogP contribution < -0.4 is 11.0 Å². The number of aliphatic hydroxyl groups is 1. The second kappa shape index (κ2) is 4.92. The number of aromatic nitrogens is 2. The number of anilines is 1. The van der Waals surface area contributed by atoms with Crippen molar-refractivity contribution in [1.82, 2.24) is 9.97 Å². The van der Waals surface area contributed by atoms with Gasteiger partial charge in [-0.25, -0.2) is 9.78 Å². The quantitative estimate of drug-likeness (QED) is 0.563. The van der Waals surface area contributed by atoms with Gasteiger partial charge in [-0.05, 0) is 12.1 Å². The summed E-state index contributed by atoms with van der Waals surface area (Å²) in [5, 5.41) is 11.1. The summed E-state index contributed by atoms with van der Waals surface area (Å²) in [5.74, 6) is 0.527. The van der Waals surface area contributed by atoms with E-state index in [9.17, 15) is 4.79 Å². The first-order valence-electron chi connectivity index (χ1n) is 3.65. The summed E-state index contributed by atoms with van der Waals surface area (Å²) in [6, 6.07) is 1.61. The number of rotatable bonds is 3. The van der Waals surface area contributed by atoms with E-state index >= 15 is 0 Å². The smallest absolute Gasteiger partial charge is 0.346 e. The number of nitrogens with one attached hydrogen (secondary N) is 2. The Morgan fingerprint density at radius 2 is 2.62 bits per heavy atom. The summed E-state index contributed by atoms with van der Waals surface area (Å²) in [6.45, 7) is -0.0644. The van der Waals surface area contributed by atoms with E-state index in [-0.39, 0.29) is 6.61 Å². The Morgan fingerprint density at radius 1 is 1.77 bits per heavy atom. The molecule has 13 heavy (non-hydrogen) atoms. The van der Waals surface area contributed by atoms with E-state index in [0.717, 1.165) is 0 Å². The van der Waals surface area contributed by atoms with E-state index in [1.165, 1.54) is 18.5 Å². The van der Waals surface area contributed by atoms with Crippen molar-refractivity contribution in [2.24, 2.45) is 0 Å². The van der Waals surface area contributed by atoms with Crippen molar-refractivity contribution in [2.75, 3.05) is 11.9 Å². The highest BCUT2D eigenvalue weighted by Gasteiger charge is 1.86. The van der Waals surface area contributed by atoms with Crippen LogP contribution in [0.15, 0.2) is 35.1 Å². The first-order valence-corrected chi connectivity index (χ1v) is 3.65. The van der Waals surface area contributed by atoms with Crippen LogP contribution in [0.3, 0.4) is 0 Å². The van der Waals surface area contributed by atoms with Crippen LogP contribution in [0.5, 0.6) is 0 Å². The van der Waals surface area contributed by atoms with Crippen LogP contribution in [0.4, 0.5) is 5.82 Å². The van der Waals surface area contributed by atoms with Gasteiger partial charge in [0.05, 0.1) is 6.61 Å². The fraction of sp³-hybridized carbons (Fsp3) is 0.125. The molecule has 1 aromatic rings. The number of aliphatic hydroxyl groups excluding tert-OH is 1. The topological polar surface area (TPSA) is 78.0 Å². The first-order chi connectivity index (χ1) is 6.33. The fourth-order valence-corrected chi connectivity index (χ4v) is 0.684. The Bertz CT molecular complexity index is 377. The van der Waals surface area contributed by atoms with Gasteiger partial charge in [0.2, 0.25) is 0 Å². The number of aromatic amines is 1. The Morgan fingerprint density at radius 3 is 3.31 bits per heavy atom. The molecule has 0 unspecified atom stereocenters. The molecule has 0 saturated heterocycles. The molecule has 0 aromatic carbocycles. The van der Waals surface area contributed by atoms with Crippen molar-refractivity contribution in [2.45, 2.75) is 0 Å². The molecule has 0 amide bonds. The zero-order valence-electron chi connectivity index (χ0n) is 6.82. The van der Waals surface area contributed by atoms with Gasteiger partial charge in [-0.1, -0.05) is 0 Å². The van der Waals surface area contributed by atoms with Crippen LogP contribution in [-0.4, -0.2) is 21.7 Å². The Labute approximate surface area is 74.5 Å². The van der Waals surface area contributed by atoms with E-state index < -0.39 is 5.69 Å². The maximum absolute atomic E-state index is 10.7. The highest BCUT2D eigenvalue weighted by molar-refractivity contribution is 5.34. The van der Waals surface area contributed by atoms with Crippen molar-refractivity contribution in [3.63, 3.8) is 0 Å². The normalized spacial score (nSPS) is 8.69. The number of hydrogen-bond donors (Lipinski definition) is 3. The number of nitrogens with zero attached hydrogens (tertiary/aromatic N) is 1. The van der Waals surface area contributed by atoms with Crippen LogP contribution in [0.2, 0.25) is 0 Å². The molecule has 5 nitrogen and oxygen atoms in total. The standard InChI is InChI=1S/C8H9N3O2/c12-6-2-1-4-9-7-3-5-10-8(13)11-7/h2-5,12H,6H2,(H2,9,10,11,13). The van der Waals surface area contributed by atoms with Gasteiger partial charge >= 0.3 is 5.69 Å². The summed E-state index contributed by atoms with van der Waals surface area (Å²) in [5.41, 5.74) is 2.24. The molecule has 1 aromatic heterocycles. The molecule has 0 bridgehead atoms. The second-order valence-electron chi connectivity index (χ2n) is 2.13. The van der Waals surface area contributed by atoms with Crippen molar-refractivity contribution in [1.29, 1.82) is 0 Å². The van der Waals surface area contributed by atoms with E-state index in [1.54, 1.807) is 6.07 Å². The molecule has 0 saturated carbocycles. The Hall–Kier alpha value is -1.84. The SMILES string of the molecule is O=c1nccc(NC=C=CCO)[nH]1. The lowest BCUT2D eigenvalue weighted by atomic mass is 10.5. The third kappa shape index (κ3) is 3.37. The van der Waals surface area contributed by atoms with Crippen molar-refractivity contribution in [3.05, 3.63) is 40.8 Å². The van der Waals surface area contributed by atoms with Crippen LogP contribution in [0.25, 0.3) is 0 Å². The molecule has 0 aliphatic rings. The molecule has 0 radical (unpaired) electrons. The molecule has 0 atom stereocenters. The van der Waals surface area contributed by atoms with E-state index in [0.29, 0.717) is 5.82 Å². The molecule has 0 spiro atoms. The van der Waals surface area contributed by atoms with E-state index in [4.69, 9.17) is 5.11 Å². The van der Waals surface area contributed by atoms with Gasteiger partial charge < -0.3 is 10.4 Å².